The van der Waals surface area contributed by atoms with Gasteiger partial charge in [-0.25, -0.2) is 0 Å². The topological polar surface area (TPSA) is 21.3 Å². The van der Waals surface area contributed by atoms with Gasteiger partial charge in [0.2, 0.25) is 0 Å². The standard InChI is InChI=1S/C14H31NO/c1-6-11-15-13(9-12-16-7-2)8-10-14(3,4)5/h13,15H,6-12H2,1-5H3. The summed E-state index contributed by atoms with van der Waals surface area (Å²) in [4.78, 5) is 0. The van der Waals surface area contributed by atoms with Crippen LogP contribution in [0.5, 0.6) is 0 Å². The second-order valence-electron chi connectivity index (χ2n) is 5.74. The van der Waals surface area contributed by atoms with Crippen LogP contribution in [0.25, 0.3) is 0 Å². The molecule has 0 radical (unpaired) electrons. The van der Waals surface area contributed by atoms with Crippen LogP contribution in [0.3, 0.4) is 0 Å². The van der Waals surface area contributed by atoms with Crippen molar-refractivity contribution < 1.29 is 4.74 Å². The molecule has 0 aromatic carbocycles. The van der Waals surface area contributed by atoms with E-state index in [0.29, 0.717) is 11.5 Å². The molecular formula is C14H31NO. The molecule has 0 spiro atoms. The Labute approximate surface area is 102 Å². The lowest BCUT2D eigenvalue weighted by Crippen LogP contribution is -2.32. The minimum absolute atomic E-state index is 0.442. The maximum atomic E-state index is 5.44. The van der Waals surface area contributed by atoms with Crippen LogP contribution >= 0.6 is 0 Å². The van der Waals surface area contributed by atoms with Crippen molar-refractivity contribution in [1.82, 2.24) is 5.32 Å². The first-order valence-electron chi connectivity index (χ1n) is 6.80. The van der Waals surface area contributed by atoms with E-state index in [4.69, 9.17) is 4.74 Å². The number of nitrogens with one attached hydrogen (secondary N) is 1. The molecule has 98 valence electrons. The fraction of sp³-hybridized carbons (Fsp3) is 1.00. The fourth-order valence-corrected chi connectivity index (χ4v) is 1.67. The highest BCUT2D eigenvalue weighted by Crippen LogP contribution is 2.22. The lowest BCUT2D eigenvalue weighted by atomic mass is 9.88. The van der Waals surface area contributed by atoms with Gasteiger partial charge in [0.25, 0.3) is 0 Å². The maximum absolute atomic E-state index is 5.44. The van der Waals surface area contributed by atoms with Crippen LogP contribution in [0.4, 0.5) is 0 Å². The van der Waals surface area contributed by atoms with Crippen LogP contribution < -0.4 is 5.32 Å². The van der Waals surface area contributed by atoms with Gasteiger partial charge in [-0.1, -0.05) is 27.7 Å². The highest BCUT2D eigenvalue weighted by atomic mass is 16.5. The van der Waals surface area contributed by atoms with Gasteiger partial charge in [-0.15, -0.1) is 0 Å². The SMILES string of the molecule is CCCNC(CCOCC)CCC(C)(C)C. The average molecular weight is 229 g/mol. The Bertz CT molecular complexity index is 151. The third-order valence-electron chi connectivity index (χ3n) is 2.74. The average Bonchev–Trinajstić information content (AvgIpc) is 2.20. The number of ether oxygens (including phenoxy) is 1. The molecule has 0 amide bonds. The van der Waals surface area contributed by atoms with E-state index in [-0.39, 0.29) is 0 Å². The molecule has 1 atom stereocenters. The molecule has 2 heteroatoms. The minimum Gasteiger partial charge on any atom is -0.382 e. The smallest absolute Gasteiger partial charge is 0.0480 e. The van der Waals surface area contributed by atoms with Gasteiger partial charge in [0, 0.05) is 19.3 Å². The van der Waals surface area contributed by atoms with Crippen LogP contribution in [0.15, 0.2) is 0 Å². The van der Waals surface area contributed by atoms with Gasteiger partial charge in [-0.2, -0.15) is 0 Å². The first-order chi connectivity index (χ1) is 7.49. The van der Waals surface area contributed by atoms with Crippen LogP contribution in [0, 0.1) is 5.41 Å². The molecule has 0 bridgehead atoms. The molecule has 0 aliphatic heterocycles. The van der Waals surface area contributed by atoms with Crippen molar-refractivity contribution in [1.29, 1.82) is 0 Å². The molecule has 0 saturated carbocycles. The molecule has 1 N–H and O–H groups in total. The second-order valence-corrected chi connectivity index (χ2v) is 5.74. The third-order valence-corrected chi connectivity index (χ3v) is 2.74. The summed E-state index contributed by atoms with van der Waals surface area (Å²) in [5.74, 6) is 0. The molecule has 0 aliphatic carbocycles. The van der Waals surface area contributed by atoms with Gasteiger partial charge in [0.05, 0.1) is 0 Å². The summed E-state index contributed by atoms with van der Waals surface area (Å²) in [6, 6.07) is 0.630. The first-order valence-corrected chi connectivity index (χ1v) is 6.80. The van der Waals surface area contributed by atoms with Crippen LogP contribution in [0.1, 0.15) is 60.3 Å². The monoisotopic (exact) mass is 229 g/mol. The van der Waals surface area contributed by atoms with E-state index < -0.39 is 0 Å². The van der Waals surface area contributed by atoms with Crippen molar-refractivity contribution in [2.24, 2.45) is 5.41 Å². The summed E-state index contributed by atoms with van der Waals surface area (Å²) in [5.41, 5.74) is 0.442. The summed E-state index contributed by atoms with van der Waals surface area (Å²) >= 11 is 0. The van der Waals surface area contributed by atoms with Crippen LogP contribution in [-0.2, 0) is 4.74 Å². The zero-order chi connectivity index (χ0) is 12.4. The van der Waals surface area contributed by atoms with Gasteiger partial charge in [-0.3, -0.25) is 0 Å². The van der Waals surface area contributed by atoms with E-state index in [0.717, 1.165) is 26.2 Å². The van der Waals surface area contributed by atoms with Gasteiger partial charge < -0.3 is 10.1 Å². The van der Waals surface area contributed by atoms with Gasteiger partial charge >= 0.3 is 0 Å². The molecule has 1 unspecified atom stereocenters. The molecule has 0 aliphatic rings. The Morgan fingerprint density at radius 1 is 1.12 bits per heavy atom. The Morgan fingerprint density at radius 2 is 1.81 bits per heavy atom. The molecule has 0 fully saturated rings. The third kappa shape index (κ3) is 10.4. The van der Waals surface area contributed by atoms with E-state index in [1.165, 1.54) is 19.3 Å². The highest BCUT2D eigenvalue weighted by molar-refractivity contribution is 4.71. The van der Waals surface area contributed by atoms with E-state index in [1.807, 2.05) is 0 Å². The summed E-state index contributed by atoms with van der Waals surface area (Å²) in [5, 5.41) is 3.62. The van der Waals surface area contributed by atoms with Crippen molar-refractivity contribution in [3.63, 3.8) is 0 Å². The zero-order valence-electron chi connectivity index (χ0n) is 11.9. The Morgan fingerprint density at radius 3 is 2.31 bits per heavy atom. The highest BCUT2D eigenvalue weighted by Gasteiger charge is 2.14. The van der Waals surface area contributed by atoms with Gasteiger partial charge in [0.1, 0.15) is 0 Å². The van der Waals surface area contributed by atoms with Gasteiger partial charge in [-0.05, 0) is 44.6 Å². The zero-order valence-corrected chi connectivity index (χ0v) is 11.9. The summed E-state index contributed by atoms with van der Waals surface area (Å²) in [7, 11) is 0. The lowest BCUT2D eigenvalue weighted by Gasteiger charge is -2.24. The number of rotatable bonds is 9. The molecular weight excluding hydrogens is 198 g/mol. The molecule has 16 heavy (non-hydrogen) atoms. The molecule has 0 aromatic rings. The van der Waals surface area contributed by atoms with E-state index in [2.05, 4.69) is 39.9 Å². The second kappa shape index (κ2) is 9.00. The predicted molar refractivity (Wildman–Crippen MR) is 71.9 cm³/mol. The summed E-state index contributed by atoms with van der Waals surface area (Å²) in [6.07, 6.45) is 4.89. The number of hydrogen-bond donors (Lipinski definition) is 1. The van der Waals surface area contributed by atoms with Crippen molar-refractivity contribution >= 4 is 0 Å². The number of hydrogen-bond acceptors (Lipinski definition) is 2. The molecule has 0 saturated heterocycles. The van der Waals surface area contributed by atoms with E-state index in [9.17, 15) is 0 Å². The largest absolute Gasteiger partial charge is 0.382 e. The molecule has 0 aromatic heterocycles. The fourth-order valence-electron chi connectivity index (χ4n) is 1.67. The van der Waals surface area contributed by atoms with E-state index >= 15 is 0 Å². The first kappa shape index (κ1) is 15.9. The summed E-state index contributed by atoms with van der Waals surface area (Å²) in [6.45, 7) is 14.1. The van der Waals surface area contributed by atoms with Crippen molar-refractivity contribution in [2.45, 2.75) is 66.3 Å². The van der Waals surface area contributed by atoms with Gasteiger partial charge in [0.15, 0.2) is 0 Å². The Balaban J connectivity index is 3.80. The van der Waals surface area contributed by atoms with Crippen molar-refractivity contribution in [2.75, 3.05) is 19.8 Å². The molecule has 2 nitrogen and oxygen atoms in total. The quantitative estimate of drug-likeness (QED) is 0.610. The molecule has 0 heterocycles. The van der Waals surface area contributed by atoms with Crippen LogP contribution in [-0.4, -0.2) is 25.8 Å². The minimum atomic E-state index is 0.442. The lowest BCUT2D eigenvalue weighted by molar-refractivity contribution is 0.133. The predicted octanol–water partition coefficient (Wildman–Crippen LogP) is 3.61. The maximum Gasteiger partial charge on any atom is 0.0480 e. The Hall–Kier alpha value is -0.0800. The molecule has 0 rings (SSSR count). The normalized spacial score (nSPS) is 14.1. The van der Waals surface area contributed by atoms with Crippen molar-refractivity contribution in [3.05, 3.63) is 0 Å². The van der Waals surface area contributed by atoms with E-state index in [1.54, 1.807) is 0 Å². The Kier molecular flexibility index (Phi) is 8.96. The summed E-state index contributed by atoms with van der Waals surface area (Å²) < 4.78 is 5.44. The van der Waals surface area contributed by atoms with Crippen molar-refractivity contribution in [3.8, 4) is 0 Å². The van der Waals surface area contributed by atoms with Crippen LogP contribution in [0.2, 0.25) is 0 Å².